The second kappa shape index (κ2) is 25.9. The first-order valence-corrected chi connectivity index (χ1v) is 16.8. The largest absolute Gasteiger partial charge is 0.504 e. The Morgan fingerprint density at radius 3 is 1.56 bits per heavy atom. The van der Waals surface area contributed by atoms with Crippen LogP contribution in [0.2, 0.25) is 0 Å². The fourth-order valence-corrected chi connectivity index (χ4v) is 5.43. The molecule has 0 radical (unpaired) electrons. The lowest BCUT2D eigenvalue weighted by atomic mass is 10.0. The van der Waals surface area contributed by atoms with Crippen LogP contribution >= 0.6 is 0 Å². The summed E-state index contributed by atoms with van der Waals surface area (Å²) >= 11 is 0. The quantitative estimate of drug-likeness (QED) is 0.0760. The molecule has 1 aromatic carbocycles. The third-order valence-corrected chi connectivity index (χ3v) is 8.04. The van der Waals surface area contributed by atoms with Crippen molar-refractivity contribution in [3.05, 3.63) is 23.8 Å². The van der Waals surface area contributed by atoms with Gasteiger partial charge in [-0.3, -0.25) is 4.79 Å². The van der Waals surface area contributed by atoms with Crippen molar-refractivity contribution in [3.63, 3.8) is 0 Å². The number of rotatable bonds is 28. The lowest BCUT2D eigenvalue weighted by molar-refractivity contribution is -0.150. The number of benzene rings is 1. The van der Waals surface area contributed by atoms with Crippen LogP contribution in [0, 0.1) is 0 Å². The van der Waals surface area contributed by atoms with Gasteiger partial charge in [0.05, 0.1) is 7.11 Å². The molecule has 0 heterocycles. The number of esters is 1. The number of phenolic OH excluding ortho intramolecular Hbond substituents is 1. The predicted octanol–water partition coefficient (Wildman–Crippen LogP) is 9.59. The summed E-state index contributed by atoms with van der Waals surface area (Å²) in [4.78, 5) is 12.1. The van der Waals surface area contributed by atoms with Gasteiger partial charge in [0.2, 0.25) is 0 Å². The van der Waals surface area contributed by atoms with Crippen molar-refractivity contribution in [1.29, 1.82) is 0 Å². The Morgan fingerprint density at radius 2 is 1.15 bits per heavy atom. The maximum Gasteiger partial charge on any atom is 0.305 e. The normalized spacial score (nSPS) is 12.8. The molecular weight excluding hydrogens is 516 g/mol. The summed E-state index contributed by atoms with van der Waals surface area (Å²) in [6, 6.07) is 4.74. The Hall–Kier alpha value is -1.79. The highest BCUT2D eigenvalue weighted by molar-refractivity contribution is 5.69. The van der Waals surface area contributed by atoms with Crippen LogP contribution in [-0.2, 0) is 14.3 Å². The van der Waals surface area contributed by atoms with Crippen molar-refractivity contribution in [2.45, 2.75) is 160 Å². The van der Waals surface area contributed by atoms with E-state index in [2.05, 4.69) is 6.92 Å². The molecule has 0 saturated carbocycles. The predicted molar refractivity (Wildman–Crippen MR) is 169 cm³/mol. The van der Waals surface area contributed by atoms with Gasteiger partial charge in [0.25, 0.3) is 0 Å². The summed E-state index contributed by atoms with van der Waals surface area (Å²) in [5.74, 6) is 0.0144. The number of phenols is 1. The molecule has 0 aromatic heterocycles. The monoisotopic (exact) mass is 578 g/mol. The van der Waals surface area contributed by atoms with Crippen molar-refractivity contribution < 1.29 is 29.2 Å². The molecule has 41 heavy (non-hydrogen) atoms. The highest BCUT2D eigenvalue weighted by Gasteiger charge is 2.23. The van der Waals surface area contributed by atoms with Crippen LogP contribution < -0.4 is 4.74 Å². The van der Waals surface area contributed by atoms with Gasteiger partial charge >= 0.3 is 5.97 Å². The molecular formula is C35H62O6. The van der Waals surface area contributed by atoms with E-state index in [1.165, 1.54) is 136 Å². The number of aliphatic hydroxyl groups excluding tert-OH is 1. The van der Waals surface area contributed by atoms with Crippen LogP contribution in [0.15, 0.2) is 18.2 Å². The van der Waals surface area contributed by atoms with E-state index in [0.29, 0.717) is 17.7 Å². The highest BCUT2D eigenvalue weighted by atomic mass is 16.5. The number of unbranched alkanes of at least 4 members (excludes halogenated alkanes) is 20. The van der Waals surface area contributed by atoms with Crippen LogP contribution in [0.1, 0.15) is 160 Å². The third kappa shape index (κ3) is 19.1. The second-order valence-corrected chi connectivity index (χ2v) is 11.7. The van der Waals surface area contributed by atoms with E-state index in [0.717, 1.165) is 19.3 Å². The van der Waals surface area contributed by atoms with Gasteiger partial charge in [0.15, 0.2) is 11.5 Å². The van der Waals surface area contributed by atoms with E-state index in [1.807, 2.05) is 0 Å². The van der Waals surface area contributed by atoms with Crippen LogP contribution in [0.3, 0.4) is 0 Å². The summed E-state index contributed by atoms with van der Waals surface area (Å²) in [7, 11) is 2.94. The van der Waals surface area contributed by atoms with Crippen molar-refractivity contribution >= 4 is 5.97 Å². The molecule has 0 fully saturated rings. The highest BCUT2D eigenvalue weighted by Crippen LogP contribution is 2.31. The van der Waals surface area contributed by atoms with E-state index in [4.69, 9.17) is 14.2 Å². The molecule has 1 aromatic rings. The summed E-state index contributed by atoms with van der Waals surface area (Å²) in [6.45, 7) is 2.14. The maximum absolute atomic E-state index is 12.1. The Labute approximate surface area is 251 Å². The Bertz CT molecular complexity index is 752. The summed E-state index contributed by atoms with van der Waals surface area (Å²) in [6.07, 6.45) is 26.7. The fourth-order valence-electron chi connectivity index (χ4n) is 5.43. The van der Waals surface area contributed by atoms with Crippen molar-refractivity contribution in [2.75, 3.05) is 20.8 Å². The van der Waals surface area contributed by atoms with Crippen LogP contribution in [0.4, 0.5) is 0 Å². The molecule has 0 unspecified atom stereocenters. The zero-order valence-electron chi connectivity index (χ0n) is 26.7. The Balaban J connectivity index is 1.91. The SMILES string of the molecule is CCCCCCCCCCCCCCCCCCCCCCCC(=O)OC[C@H](O)[C@H](OC)c1ccc(O)c(OC)c1. The number of hydrogen-bond acceptors (Lipinski definition) is 6. The van der Waals surface area contributed by atoms with E-state index < -0.39 is 12.2 Å². The molecule has 0 amide bonds. The van der Waals surface area contributed by atoms with Gasteiger partial charge in [-0.05, 0) is 24.1 Å². The number of ether oxygens (including phenoxy) is 3. The van der Waals surface area contributed by atoms with Gasteiger partial charge in [-0.25, -0.2) is 0 Å². The van der Waals surface area contributed by atoms with Gasteiger partial charge in [0, 0.05) is 13.5 Å². The topological polar surface area (TPSA) is 85.2 Å². The summed E-state index contributed by atoms with van der Waals surface area (Å²) in [5.41, 5.74) is 0.634. The fraction of sp³-hybridized carbons (Fsp3) is 0.800. The van der Waals surface area contributed by atoms with Gasteiger partial charge in [-0.2, -0.15) is 0 Å². The molecule has 0 aliphatic heterocycles. The number of carbonyl (C=O) groups excluding carboxylic acids is 1. The molecule has 2 atom stereocenters. The lowest BCUT2D eigenvalue weighted by Crippen LogP contribution is -2.27. The Kier molecular flexibility index (Phi) is 23.5. The average molecular weight is 579 g/mol. The number of methoxy groups -OCH3 is 2. The number of hydrogen-bond donors (Lipinski definition) is 2. The van der Waals surface area contributed by atoms with E-state index >= 15 is 0 Å². The first-order valence-electron chi connectivity index (χ1n) is 16.8. The van der Waals surface area contributed by atoms with Gasteiger partial charge in [0.1, 0.15) is 18.8 Å². The molecule has 1 rings (SSSR count). The first kappa shape index (κ1) is 37.2. The first-order chi connectivity index (χ1) is 20.0. The van der Waals surface area contributed by atoms with Crippen LogP contribution in [-0.4, -0.2) is 43.1 Å². The Morgan fingerprint density at radius 1 is 0.707 bits per heavy atom. The average Bonchev–Trinajstić information content (AvgIpc) is 2.98. The zero-order chi connectivity index (χ0) is 30.0. The summed E-state index contributed by atoms with van der Waals surface area (Å²) in [5, 5.41) is 20.3. The molecule has 0 saturated heterocycles. The standard InChI is InChI=1S/C35H62O6/c1-4-5-6-7-8-9-10-11-12-13-14-15-16-17-18-19-20-21-22-23-24-25-34(38)41-29-32(37)35(40-3)30-26-27-31(36)33(28-30)39-2/h26-28,32,35-37H,4-25,29H2,1-3H3/t32-,35+/m0/s1. The smallest absolute Gasteiger partial charge is 0.305 e. The van der Waals surface area contributed by atoms with Crippen molar-refractivity contribution in [2.24, 2.45) is 0 Å². The maximum atomic E-state index is 12.1. The van der Waals surface area contributed by atoms with Crippen LogP contribution in [0.25, 0.3) is 0 Å². The molecule has 0 aliphatic carbocycles. The lowest BCUT2D eigenvalue weighted by Gasteiger charge is -2.22. The molecule has 6 nitrogen and oxygen atoms in total. The number of carbonyl (C=O) groups is 1. The molecule has 0 bridgehead atoms. The van der Waals surface area contributed by atoms with Gasteiger partial charge in [-0.1, -0.05) is 141 Å². The van der Waals surface area contributed by atoms with Crippen molar-refractivity contribution in [3.8, 4) is 11.5 Å². The van der Waals surface area contributed by atoms with Gasteiger partial charge in [-0.15, -0.1) is 0 Å². The molecule has 2 N–H and O–H groups in total. The minimum Gasteiger partial charge on any atom is -0.504 e. The molecule has 6 heteroatoms. The van der Waals surface area contributed by atoms with Crippen molar-refractivity contribution in [1.82, 2.24) is 0 Å². The number of aliphatic hydroxyl groups is 1. The molecule has 238 valence electrons. The van der Waals surface area contributed by atoms with E-state index in [9.17, 15) is 15.0 Å². The third-order valence-electron chi connectivity index (χ3n) is 8.04. The van der Waals surface area contributed by atoms with E-state index in [1.54, 1.807) is 12.1 Å². The molecule has 0 spiro atoms. The zero-order valence-corrected chi connectivity index (χ0v) is 26.7. The summed E-state index contributed by atoms with van der Waals surface area (Å²) < 4.78 is 15.8. The van der Waals surface area contributed by atoms with Gasteiger partial charge < -0.3 is 24.4 Å². The van der Waals surface area contributed by atoms with E-state index in [-0.39, 0.29) is 18.3 Å². The second-order valence-electron chi connectivity index (χ2n) is 11.7. The minimum atomic E-state index is -1.02. The number of aromatic hydroxyl groups is 1. The van der Waals surface area contributed by atoms with Crippen LogP contribution in [0.5, 0.6) is 11.5 Å². The molecule has 0 aliphatic rings. The minimum absolute atomic E-state index is 0.0112.